The minimum absolute atomic E-state index is 0. The predicted molar refractivity (Wildman–Crippen MR) is 122 cm³/mol. The smallest absolute Gasteiger partial charge is 0.194 e. The summed E-state index contributed by atoms with van der Waals surface area (Å²) in [5.41, 5.74) is 6.51. The van der Waals surface area contributed by atoms with Crippen LogP contribution in [0.15, 0.2) is 42.5 Å². The van der Waals surface area contributed by atoms with Crippen molar-refractivity contribution in [3.05, 3.63) is 70.3 Å². The standard InChI is InChI=1S/C27H38NO.BrH/c1-5-23-14-11-15-24(18-23)20-28(16-8-7-9-17-28)26(6-2)27(29)19-25-21(3)12-10-13-22(25)4;/h10-15,18,26H,5-9,16-17,19-20H2,1-4H3;1H/q+1;/p-1. The maximum atomic E-state index is 13.7. The minimum atomic E-state index is 0. The van der Waals surface area contributed by atoms with Gasteiger partial charge in [0.25, 0.3) is 0 Å². The number of ketones is 1. The van der Waals surface area contributed by atoms with Crippen LogP contribution in [0.4, 0.5) is 0 Å². The fourth-order valence-corrected chi connectivity index (χ4v) is 5.37. The summed E-state index contributed by atoms with van der Waals surface area (Å²) in [6.07, 6.45) is 6.34. The Balaban J connectivity index is 0.00000320. The second-order valence-electron chi connectivity index (χ2n) is 9.00. The number of piperidine rings is 1. The molecule has 2 aromatic rings. The zero-order valence-corrected chi connectivity index (χ0v) is 20.8. The summed E-state index contributed by atoms with van der Waals surface area (Å²) in [7, 11) is 0. The molecule has 0 aliphatic carbocycles. The van der Waals surface area contributed by atoms with Crippen molar-refractivity contribution in [2.24, 2.45) is 0 Å². The average molecular weight is 473 g/mol. The highest BCUT2D eigenvalue weighted by Crippen LogP contribution is 2.30. The second-order valence-corrected chi connectivity index (χ2v) is 9.00. The number of benzene rings is 2. The quantitative estimate of drug-likeness (QED) is 0.540. The van der Waals surface area contributed by atoms with E-state index >= 15 is 0 Å². The van der Waals surface area contributed by atoms with Gasteiger partial charge in [-0.25, -0.2) is 0 Å². The summed E-state index contributed by atoms with van der Waals surface area (Å²) < 4.78 is 0.952. The normalized spacial score (nSPS) is 16.5. The molecule has 30 heavy (non-hydrogen) atoms. The van der Waals surface area contributed by atoms with Gasteiger partial charge in [0.2, 0.25) is 0 Å². The molecule has 1 atom stereocenters. The van der Waals surface area contributed by atoms with Crippen molar-refractivity contribution < 1.29 is 26.3 Å². The van der Waals surface area contributed by atoms with Crippen LogP contribution in [-0.4, -0.2) is 29.4 Å². The average Bonchev–Trinajstić information content (AvgIpc) is 2.72. The molecule has 3 heteroatoms. The second kappa shape index (κ2) is 11.2. The van der Waals surface area contributed by atoms with Crippen LogP contribution in [0.2, 0.25) is 0 Å². The number of carbonyl (C=O) groups excluding carboxylic acids is 1. The Labute approximate surface area is 194 Å². The van der Waals surface area contributed by atoms with Crippen molar-refractivity contribution in [3.8, 4) is 0 Å². The number of rotatable bonds is 8. The molecule has 0 radical (unpaired) electrons. The van der Waals surface area contributed by atoms with Gasteiger partial charge in [0.15, 0.2) is 5.78 Å². The van der Waals surface area contributed by atoms with Crippen molar-refractivity contribution >= 4 is 5.78 Å². The zero-order valence-electron chi connectivity index (χ0n) is 19.2. The van der Waals surface area contributed by atoms with Gasteiger partial charge < -0.3 is 21.5 Å². The first-order valence-corrected chi connectivity index (χ1v) is 11.5. The summed E-state index contributed by atoms with van der Waals surface area (Å²) in [5, 5.41) is 0. The van der Waals surface area contributed by atoms with Crippen LogP contribution in [0.3, 0.4) is 0 Å². The van der Waals surface area contributed by atoms with E-state index in [0.717, 1.165) is 37.0 Å². The maximum absolute atomic E-state index is 13.7. The molecule has 0 bridgehead atoms. The van der Waals surface area contributed by atoms with Gasteiger partial charge in [-0.15, -0.1) is 0 Å². The first kappa shape index (κ1) is 24.8. The number of hydrogen-bond donors (Lipinski definition) is 0. The van der Waals surface area contributed by atoms with Crippen molar-refractivity contribution in [3.63, 3.8) is 0 Å². The van der Waals surface area contributed by atoms with E-state index in [1.807, 2.05) is 0 Å². The molecule has 1 fully saturated rings. The molecule has 1 saturated heterocycles. The van der Waals surface area contributed by atoms with Crippen molar-refractivity contribution in [1.29, 1.82) is 0 Å². The molecule has 0 spiro atoms. The maximum Gasteiger partial charge on any atom is 0.194 e. The zero-order chi connectivity index (χ0) is 20.9. The molecule has 1 heterocycles. The molecule has 0 saturated carbocycles. The first-order chi connectivity index (χ1) is 14.0. The molecule has 2 nitrogen and oxygen atoms in total. The van der Waals surface area contributed by atoms with Crippen molar-refractivity contribution in [2.45, 2.75) is 78.8 Å². The van der Waals surface area contributed by atoms with Gasteiger partial charge in [0, 0.05) is 18.4 Å². The third-order valence-electron chi connectivity index (χ3n) is 7.02. The number of hydrogen-bond acceptors (Lipinski definition) is 1. The van der Waals surface area contributed by atoms with Crippen LogP contribution in [0.25, 0.3) is 0 Å². The van der Waals surface area contributed by atoms with Gasteiger partial charge in [-0.1, -0.05) is 56.3 Å². The Morgan fingerprint density at radius 3 is 2.13 bits per heavy atom. The van der Waals surface area contributed by atoms with E-state index in [0.29, 0.717) is 12.2 Å². The first-order valence-electron chi connectivity index (χ1n) is 11.5. The minimum Gasteiger partial charge on any atom is -1.00 e. The lowest BCUT2D eigenvalue weighted by Crippen LogP contribution is -3.00. The molecular weight excluding hydrogens is 434 g/mol. The number of likely N-dealkylation sites (tertiary alicyclic amines) is 1. The third kappa shape index (κ3) is 5.62. The van der Waals surface area contributed by atoms with E-state index in [9.17, 15) is 4.79 Å². The SMILES string of the molecule is CCc1cccc(C[N+]2(C(CC)C(=O)Cc3c(C)cccc3C)CCCCC2)c1.[Br-]. The molecule has 1 aliphatic heterocycles. The molecule has 164 valence electrons. The van der Waals surface area contributed by atoms with Crippen LogP contribution in [0, 0.1) is 13.8 Å². The van der Waals surface area contributed by atoms with Crippen LogP contribution in [0.1, 0.15) is 67.3 Å². The summed E-state index contributed by atoms with van der Waals surface area (Å²) >= 11 is 0. The highest BCUT2D eigenvalue weighted by Gasteiger charge is 2.41. The fourth-order valence-electron chi connectivity index (χ4n) is 5.37. The number of Topliss-reactive ketones (excluding diaryl/α,β-unsaturated/α-hetero) is 1. The fraction of sp³-hybridized carbons (Fsp3) is 0.519. The third-order valence-corrected chi connectivity index (χ3v) is 7.02. The molecule has 3 rings (SSSR count). The van der Waals surface area contributed by atoms with Crippen molar-refractivity contribution in [2.75, 3.05) is 13.1 Å². The van der Waals surface area contributed by atoms with Crippen LogP contribution < -0.4 is 17.0 Å². The lowest BCUT2D eigenvalue weighted by atomic mass is 9.91. The van der Waals surface area contributed by atoms with Crippen molar-refractivity contribution in [1.82, 2.24) is 0 Å². The molecule has 1 unspecified atom stereocenters. The van der Waals surface area contributed by atoms with Gasteiger partial charge in [-0.2, -0.15) is 0 Å². The molecule has 1 aliphatic rings. The van der Waals surface area contributed by atoms with Gasteiger partial charge in [-0.3, -0.25) is 4.79 Å². The van der Waals surface area contributed by atoms with Gasteiger partial charge in [0.1, 0.15) is 12.6 Å². The summed E-state index contributed by atoms with van der Waals surface area (Å²) in [6, 6.07) is 15.5. The summed E-state index contributed by atoms with van der Waals surface area (Å²) in [4.78, 5) is 13.7. The van der Waals surface area contributed by atoms with E-state index in [1.54, 1.807) is 0 Å². The van der Waals surface area contributed by atoms with Gasteiger partial charge in [-0.05, 0) is 61.8 Å². The summed E-state index contributed by atoms with van der Waals surface area (Å²) in [6.45, 7) is 12.0. The Bertz CT molecular complexity index is 818. The van der Waals surface area contributed by atoms with E-state index in [4.69, 9.17) is 0 Å². The van der Waals surface area contributed by atoms with E-state index in [1.165, 1.54) is 47.1 Å². The Morgan fingerprint density at radius 1 is 0.933 bits per heavy atom. The van der Waals surface area contributed by atoms with Crippen LogP contribution in [-0.2, 0) is 24.2 Å². The molecule has 2 aromatic carbocycles. The lowest BCUT2D eigenvalue weighted by molar-refractivity contribution is -0.959. The number of quaternary nitrogens is 1. The highest BCUT2D eigenvalue weighted by atomic mass is 79.9. The lowest BCUT2D eigenvalue weighted by Gasteiger charge is -2.46. The van der Waals surface area contributed by atoms with Gasteiger partial charge >= 0.3 is 0 Å². The number of carbonyl (C=O) groups is 1. The molecule has 0 N–H and O–H groups in total. The van der Waals surface area contributed by atoms with Gasteiger partial charge in [0.05, 0.1) is 13.1 Å². The molecule has 0 amide bonds. The number of halogens is 1. The predicted octanol–water partition coefficient (Wildman–Crippen LogP) is 2.96. The highest BCUT2D eigenvalue weighted by molar-refractivity contribution is 5.85. The number of aryl methyl sites for hydroxylation is 3. The monoisotopic (exact) mass is 471 g/mol. The van der Waals surface area contributed by atoms with Crippen LogP contribution in [0.5, 0.6) is 0 Å². The molecular formula is C27H38BrNO. The van der Waals surface area contributed by atoms with E-state index < -0.39 is 0 Å². The Morgan fingerprint density at radius 2 is 1.53 bits per heavy atom. The summed E-state index contributed by atoms with van der Waals surface area (Å²) in [5.74, 6) is 0.429. The van der Waals surface area contributed by atoms with E-state index in [2.05, 4.69) is 70.2 Å². The Kier molecular flexibility index (Phi) is 9.31. The molecule has 0 aromatic heterocycles. The Hall–Kier alpha value is -1.45. The largest absolute Gasteiger partial charge is 1.00 e. The number of nitrogens with zero attached hydrogens (tertiary/aromatic N) is 1. The topological polar surface area (TPSA) is 17.1 Å². The van der Waals surface area contributed by atoms with Crippen LogP contribution >= 0.6 is 0 Å². The van der Waals surface area contributed by atoms with E-state index in [-0.39, 0.29) is 23.0 Å².